The van der Waals surface area contributed by atoms with Crippen molar-refractivity contribution in [3.05, 3.63) is 156 Å². The second-order valence-electron chi connectivity index (χ2n) is 8.04. The molecule has 0 radical (unpaired) electrons. The maximum atomic E-state index is 3.72. The van der Waals surface area contributed by atoms with Crippen LogP contribution in [0.5, 0.6) is 0 Å². The summed E-state index contributed by atoms with van der Waals surface area (Å²) in [7, 11) is 0. The molecule has 1 aliphatic rings. The fourth-order valence-electron chi connectivity index (χ4n) is 4.37. The highest BCUT2D eigenvalue weighted by Crippen LogP contribution is 2.39. The monoisotopic (exact) mass is 399 g/mol. The molecule has 0 aliphatic carbocycles. The van der Waals surface area contributed by atoms with Gasteiger partial charge in [-0.1, -0.05) is 121 Å². The summed E-state index contributed by atoms with van der Waals surface area (Å²) >= 11 is 0. The zero-order valence-electron chi connectivity index (χ0n) is 17.4. The summed E-state index contributed by atoms with van der Waals surface area (Å²) in [4.78, 5) is 0. The van der Waals surface area contributed by atoms with E-state index in [1.54, 1.807) is 0 Å². The van der Waals surface area contributed by atoms with Crippen LogP contribution in [0.4, 0.5) is 0 Å². The average Bonchev–Trinajstić information content (AvgIpc) is 2.86. The number of benzene rings is 4. The lowest BCUT2D eigenvalue weighted by atomic mass is 9.72. The van der Waals surface area contributed by atoms with E-state index in [-0.39, 0.29) is 5.41 Å². The van der Waals surface area contributed by atoms with Gasteiger partial charge in [-0.3, -0.25) is 0 Å². The average molecular weight is 400 g/mol. The SMILES string of the molecule is C1=C(c2ccccc2)NC(c2ccccc2)=CC1(Cc1ccccc1)c1ccccc1. The van der Waals surface area contributed by atoms with Gasteiger partial charge in [0.25, 0.3) is 0 Å². The topological polar surface area (TPSA) is 12.0 Å². The Morgan fingerprint density at radius 1 is 0.484 bits per heavy atom. The zero-order valence-corrected chi connectivity index (χ0v) is 17.4. The quantitative estimate of drug-likeness (QED) is 0.387. The van der Waals surface area contributed by atoms with Gasteiger partial charge in [-0.2, -0.15) is 0 Å². The number of hydrogen-bond acceptors (Lipinski definition) is 1. The molecule has 1 heterocycles. The van der Waals surface area contributed by atoms with Crippen molar-refractivity contribution in [1.82, 2.24) is 5.32 Å². The fraction of sp³-hybridized carbons (Fsp3) is 0.0667. The first-order valence-electron chi connectivity index (χ1n) is 10.8. The third kappa shape index (κ3) is 4.08. The molecule has 1 heteroatoms. The predicted molar refractivity (Wildman–Crippen MR) is 130 cm³/mol. The molecule has 0 bridgehead atoms. The highest BCUT2D eigenvalue weighted by molar-refractivity contribution is 5.82. The third-order valence-electron chi connectivity index (χ3n) is 5.89. The summed E-state index contributed by atoms with van der Waals surface area (Å²) < 4.78 is 0. The van der Waals surface area contributed by atoms with E-state index in [9.17, 15) is 0 Å². The highest BCUT2D eigenvalue weighted by atomic mass is 14.9. The van der Waals surface area contributed by atoms with Crippen molar-refractivity contribution in [2.24, 2.45) is 0 Å². The second kappa shape index (κ2) is 8.49. The van der Waals surface area contributed by atoms with Crippen LogP contribution in [-0.4, -0.2) is 0 Å². The number of allylic oxidation sites excluding steroid dienone is 2. The molecule has 0 saturated heterocycles. The number of dihydropyridines is 1. The van der Waals surface area contributed by atoms with Gasteiger partial charge in [0.15, 0.2) is 0 Å². The Bertz CT molecular complexity index is 1140. The maximum Gasteiger partial charge on any atom is 0.0429 e. The first-order valence-corrected chi connectivity index (χ1v) is 10.8. The Balaban J connectivity index is 1.72. The van der Waals surface area contributed by atoms with Gasteiger partial charge >= 0.3 is 0 Å². The van der Waals surface area contributed by atoms with Gasteiger partial charge in [0.05, 0.1) is 0 Å². The normalized spacial score (nSPS) is 14.8. The van der Waals surface area contributed by atoms with Crippen LogP contribution in [0.3, 0.4) is 0 Å². The smallest absolute Gasteiger partial charge is 0.0429 e. The zero-order chi connectivity index (χ0) is 20.9. The summed E-state index contributed by atoms with van der Waals surface area (Å²) in [6.07, 6.45) is 5.69. The van der Waals surface area contributed by atoms with Crippen molar-refractivity contribution in [1.29, 1.82) is 0 Å². The molecule has 0 aromatic heterocycles. The van der Waals surface area contributed by atoms with Gasteiger partial charge < -0.3 is 5.32 Å². The van der Waals surface area contributed by atoms with Crippen molar-refractivity contribution < 1.29 is 0 Å². The highest BCUT2D eigenvalue weighted by Gasteiger charge is 2.33. The molecule has 1 aliphatic heterocycles. The largest absolute Gasteiger partial charge is 0.355 e. The lowest BCUT2D eigenvalue weighted by molar-refractivity contribution is 0.656. The van der Waals surface area contributed by atoms with Gasteiger partial charge in [-0.15, -0.1) is 0 Å². The number of rotatable bonds is 5. The van der Waals surface area contributed by atoms with E-state index in [1.165, 1.54) is 22.3 Å². The molecule has 0 amide bonds. The summed E-state index contributed by atoms with van der Waals surface area (Å²) in [5.41, 5.74) is 7.02. The first-order chi connectivity index (χ1) is 15.3. The summed E-state index contributed by atoms with van der Waals surface area (Å²) in [5.74, 6) is 0. The van der Waals surface area contributed by atoms with Crippen LogP contribution in [0.2, 0.25) is 0 Å². The maximum absolute atomic E-state index is 3.72. The Morgan fingerprint density at radius 2 is 0.903 bits per heavy atom. The summed E-state index contributed by atoms with van der Waals surface area (Å²) in [6, 6.07) is 42.8. The van der Waals surface area contributed by atoms with Crippen LogP contribution < -0.4 is 5.32 Å². The second-order valence-corrected chi connectivity index (χ2v) is 8.04. The Morgan fingerprint density at radius 3 is 1.39 bits per heavy atom. The van der Waals surface area contributed by atoms with Gasteiger partial charge in [0, 0.05) is 16.8 Å². The third-order valence-corrected chi connectivity index (χ3v) is 5.89. The van der Waals surface area contributed by atoms with Gasteiger partial charge in [-0.25, -0.2) is 0 Å². The molecule has 0 atom stereocenters. The molecule has 5 rings (SSSR count). The van der Waals surface area contributed by atoms with Crippen molar-refractivity contribution in [2.45, 2.75) is 11.8 Å². The van der Waals surface area contributed by atoms with Crippen molar-refractivity contribution >= 4 is 11.4 Å². The molecule has 0 spiro atoms. The van der Waals surface area contributed by atoms with E-state index in [2.05, 4.69) is 139 Å². The minimum absolute atomic E-state index is 0.260. The summed E-state index contributed by atoms with van der Waals surface area (Å²) in [5, 5.41) is 3.72. The molecule has 1 N–H and O–H groups in total. The predicted octanol–water partition coefficient (Wildman–Crippen LogP) is 6.85. The van der Waals surface area contributed by atoms with E-state index < -0.39 is 0 Å². The van der Waals surface area contributed by atoms with E-state index >= 15 is 0 Å². The fourth-order valence-corrected chi connectivity index (χ4v) is 4.37. The molecule has 1 nitrogen and oxygen atoms in total. The van der Waals surface area contributed by atoms with Crippen LogP contribution in [-0.2, 0) is 11.8 Å². The molecular weight excluding hydrogens is 374 g/mol. The van der Waals surface area contributed by atoms with E-state index in [0.717, 1.165) is 17.8 Å². The van der Waals surface area contributed by atoms with Gasteiger partial charge in [0.2, 0.25) is 0 Å². The molecule has 4 aromatic rings. The first kappa shape index (κ1) is 19.1. The van der Waals surface area contributed by atoms with Crippen molar-refractivity contribution in [2.75, 3.05) is 0 Å². The number of hydrogen-bond donors (Lipinski definition) is 1. The van der Waals surface area contributed by atoms with Crippen LogP contribution in [0, 0.1) is 0 Å². The van der Waals surface area contributed by atoms with Crippen molar-refractivity contribution in [3.63, 3.8) is 0 Å². The molecule has 0 unspecified atom stereocenters. The molecule has 150 valence electrons. The minimum Gasteiger partial charge on any atom is -0.355 e. The summed E-state index contributed by atoms with van der Waals surface area (Å²) in [6.45, 7) is 0. The lowest BCUT2D eigenvalue weighted by Crippen LogP contribution is -2.31. The minimum atomic E-state index is -0.260. The molecular formula is C30H25N. The lowest BCUT2D eigenvalue weighted by Gasteiger charge is -2.35. The van der Waals surface area contributed by atoms with Gasteiger partial charge in [-0.05, 0) is 40.8 Å². The number of nitrogens with one attached hydrogen (secondary N) is 1. The molecule has 4 aromatic carbocycles. The van der Waals surface area contributed by atoms with Crippen LogP contribution in [0.15, 0.2) is 133 Å². The van der Waals surface area contributed by atoms with Gasteiger partial charge in [0.1, 0.15) is 0 Å². The van der Waals surface area contributed by atoms with Crippen LogP contribution in [0.1, 0.15) is 22.3 Å². The van der Waals surface area contributed by atoms with Crippen LogP contribution >= 0.6 is 0 Å². The molecule has 31 heavy (non-hydrogen) atoms. The molecule has 0 fully saturated rings. The van der Waals surface area contributed by atoms with E-state index in [4.69, 9.17) is 0 Å². The Labute approximate surface area is 184 Å². The molecule has 0 saturated carbocycles. The van der Waals surface area contributed by atoms with Crippen molar-refractivity contribution in [3.8, 4) is 0 Å². The standard InChI is InChI=1S/C30H25N/c1-5-13-24(14-6-1)21-30(27-19-11-4-12-20-27)22-28(25-15-7-2-8-16-25)31-29(23-30)26-17-9-3-10-18-26/h1-20,22-23,31H,21H2. The van der Waals surface area contributed by atoms with E-state index in [0.29, 0.717) is 0 Å². The Hall–Kier alpha value is -3.84. The Kier molecular flexibility index (Phi) is 5.24. The van der Waals surface area contributed by atoms with Crippen LogP contribution in [0.25, 0.3) is 11.4 Å². The van der Waals surface area contributed by atoms with E-state index in [1.807, 2.05) is 0 Å².